The van der Waals surface area contributed by atoms with Gasteiger partial charge in [-0.3, -0.25) is 4.98 Å². The first kappa shape index (κ1) is 12.9. The summed E-state index contributed by atoms with van der Waals surface area (Å²) in [5, 5.41) is 0. The highest BCUT2D eigenvalue weighted by atomic mass is 19.4. The molecule has 0 saturated heterocycles. The number of pyridine rings is 1. The molecule has 3 fully saturated rings. The largest absolute Gasteiger partial charge is 0.433 e. The summed E-state index contributed by atoms with van der Waals surface area (Å²) in [7, 11) is 0. The van der Waals surface area contributed by atoms with Gasteiger partial charge in [0, 0.05) is 40.8 Å². The molecule has 110 valence electrons. The van der Waals surface area contributed by atoms with E-state index in [1.165, 1.54) is 12.3 Å². The summed E-state index contributed by atoms with van der Waals surface area (Å²) in [6, 6.07) is 4.39. The Labute approximate surface area is 119 Å². The van der Waals surface area contributed by atoms with Crippen LogP contribution < -0.4 is 5.73 Å². The molecule has 2 bridgehead atoms. The summed E-state index contributed by atoms with van der Waals surface area (Å²) < 4.78 is 39.6. The molecular weight excluding hydrogens is 279 g/mol. The molecule has 2 aromatic heterocycles. The van der Waals surface area contributed by atoms with Crippen molar-refractivity contribution in [1.82, 2.24) is 9.55 Å². The minimum Gasteiger partial charge on any atom is -0.347 e. The SMILES string of the molecule is NC12CC(n3ccc(-c4ccc(C(F)(F)F)nc4)c3)(C1)C2. The van der Waals surface area contributed by atoms with Crippen LogP contribution in [0.25, 0.3) is 11.1 Å². The number of aromatic nitrogens is 2. The Balaban J connectivity index is 1.59. The van der Waals surface area contributed by atoms with Crippen LogP contribution in [0.15, 0.2) is 36.8 Å². The van der Waals surface area contributed by atoms with E-state index in [9.17, 15) is 13.2 Å². The van der Waals surface area contributed by atoms with Crippen LogP contribution in [-0.2, 0) is 11.7 Å². The maximum absolute atomic E-state index is 12.5. The zero-order valence-electron chi connectivity index (χ0n) is 11.2. The van der Waals surface area contributed by atoms with E-state index in [1.54, 1.807) is 0 Å². The normalized spacial score (nSPS) is 30.7. The van der Waals surface area contributed by atoms with Crippen molar-refractivity contribution in [1.29, 1.82) is 0 Å². The van der Waals surface area contributed by atoms with Crippen LogP contribution in [0.1, 0.15) is 25.0 Å². The Bertz CT molecular complexity index is 680. The average molecular weight is 293 g/mol. The van der Waals surface area contributed by atoms with E-state index >= 15 is 0 Å². The van der Waals surface area contributed by atoms with Crippen molar-refractivity contribution in [3.8, 4) is 11.1 Å². The summed E-state index contributed by atoms with van der Waals surface area (Å²) in [5.74, 6) is 0. The van der Waals surface area contributed by atoms with Crippen LogP contribution in [0.2, 0.25) is 0 Å². The summed E-state index contributed by atoms with van der Waals surface area (Å²) >= 11 is 0. The molecule has 0 atom stereocenters. The first-order valence-corrected chi connectivity index (χ1v) is 6.81. The zero-order chi connectivity index (χ0) is 14.9. The molecule has 0 aliphatic heterocycles. The summed E-state index contributed by atoms with van der Waals surface area (Å²) in [4.78, 5) is 3.50. The Morgan fingerprint density at radius 1 is 1.10 bits per heavy atom. The fourth-order valence-electron chi connectivity index (χ4n) is 3.68. The third-order valence-corrected chi connectivity index (χ3v) is 4.67. The number of hydrogen-bond acceptors (Lipinski definition) is 2. The number of hydrogen-bond donors (Lipinski definition) is 1. The van der Waals surface area contributed by atoms with Crippen molar-refractivity contribution in [3.63, 3.8) is 0 Å². The van der Waals surface area contributed by atoms with E-state index in [0.29, 0.717) is 5.56 Å². The molecule has 0 aromatic carbocycles. The van der Waals surface area contributed by atoms with Gasteiger partial charge in [0.15, 0.2) is 0 Å². The first-order chi connectivity index (χ1) is 9.80. The van der Waals surface area contributed by atoms with Gasteiger partial charge in [0.1, 0.15) is 5.69 Å². The predicted octanol–water partition coefficient (Wildman–Crippen LogP) is 3.16. The smallest absolute Gasteiger partial charge is 0.347 e. The van der Waals surface area contributed by atoms with E-state index in [2.05, 4.69) is 9.55 Å². The molecule has 3 saturated carbocycles. The van der Waals surface area contributed by atoms with Crippen LogP contribution in [0.3, 0.4) is 0 Å². The van der Waals surface area contributed by atoms with Gasteiger partial charge in [-0.25, -0.2) is 0 Å². The highest BCUT2D eigenvalue weighted by Gasteiger charge is 2.66. The van der Waals surface area contributed by atoms with Crippen LogP contribution in [-0.4, -0.2) is 15.1 Å². The second kappa shape index (κ2) is 3.68. The molecule has 2 N–H and O–H groups in total. The maximum Gasteiger partial charge on any atom is 0.433 e. The van der Waals surface area contributed by atoms with Crippen molar-refractivity contribution in [2.45, 2.75) is 36.5 Å². The van der Waals surface area contributed by atoms with Crippen molar-refractivity contribution < 1.29 is 13.2 Å². The topological polar surface area (TPSA) is 43.8 Å². The van der Waals surface area contributed by atoms with Crippen LogP contribution in [0.5, 0.6) is 0 Å². The summed E-state index contributed by atoms with van der Waals surface area (Å²) in [6.07, 6.45) is 3.79. The lowest BCUT2D eigenvalue weighted by Crippen LogP contribution is -2.76. The minimum atomic E-state index is -4.40. The molecule has 3 nitrogen and oxygen atoms in total. The Morgan fingerprint density at radius 2 is 1.81 bits per heavy atom. The second-order valence-corrected chi connectivity index (χ2v) is 6.35. The number of rotatable bonds is 2. The summed E-state index contributed by atoms with van der Waals surface area (Å²) in [5.41, 5.74) is 6.94. The molecule has 0 unspecified atom stereocenters. The van der Waals surface area contributed by atoms with E-state index < -0.39 is 11.9 Å². The van der Waals surface area contributed by atoms with Crippen molar-refractivity contribution in [2.75, 3.05) is 0 Å². The van der Waals surface area contributed by atoms with Gasteiger partial charge in [0.25, 0.3) is 0 Å². The van der Waals surface area contributed by atoms with E-state index in [-0.39, 0.29) is 11.1 Å². The molecule has 6 heteroatoms. The predicted molar refractivity (Wildman–Crippen MR) is 71.4 cm³/mol. The number of alkyl halides is 3. The number of nitrogens with zero attached hydrogens (tertiary/aromatic N) is 2. The molecule has 2 heterocycles. The van der Waals surface area contributed by atoms with Gasteiger partial charge in [0.2, 0.25) is 0 Å². The highest BCUT2D eigenvalue weighted by molar-refractivity contribution is 5.62. The van der Waals surface area contributed by atoms with Gasteiger partial charge >= 0.3 is 6.18 Å². The first-order valence-electron chi connectivity index (χ1n) is 6.81. The molecule has 2 aromatic rings. The standard InChI is InChI=1S/C15H14F3N3/c16-15(17,18)12-2-1-10(5-20-12)11-3-4-21(6-11)14-7-13(19,8-14)9-14/h1-6H,7-9,19H2. The van der Waals surface area contributed by atoms with Gasteiger partial charge < -0.3 is 10.3 Å². The van der Waals surface area contributed by atoms with Gasteiger partial charge in [-0.15, -0.1) is 0 Å². The van der Waals surface area contributed by atoms with Gasteiger partial charge in [-0.1, -0.05) is 6.07 Å². The number of nitrogens with two attached hydrogens (primary N) is 1. The Kier molecular flexibility index (Phi) is 2.26. The van der Waals surface area contributed by atoms with E-state index in [0.717, 1.165) is 30.9 Å². The molecule has 0 amide bonds. The highest BCUT2D eigenvalue weighted by Crippen LogP contribution is 2.63. The van der Waals surface area contributed by atoms with E-state index in [4.69, 9.17) is 5.73 Å². The molecule has 5 rings (SSSR count). The van der Waals surface area contributed by atoms with Gasteiger partial charge in [-0.05, 0) is 31.4 Å². The zero-order valence-corrected chi connectivity index (χ0v) is 11.2. The average Bonchev–Trinajstić information content (AvgIpc) is 2.82. The maximum atomic E-state index is 12.5. The Morgan fingerprint density at radius 3 is 2.33 bits per heavy atom. The molecule has 21 heavy (non-hydrogen) atoms. The van der Waals surface area contributed by atoms with Gasteiger partial charge in [-0.2, -0.15) is 13.2 Å². The third kappa shape index (κ3) is 1.82. The fraction of sp³-hybridized carbons (Fsp3) is 0.400. The van der Waals surface area contributed by atoms with Crippen LogP contribution in [0, 0.1) is 0 Å². The third-order valence-electron chi connectivity index (χ3n) is 4.67. The second-order valence-electron chi connectivity index (χ2n) is 6.35. The van der Waals surface area contributed by atoms with Gasteiger partial charge in [0.05, 0.1) is 0 Å². The molecule has 0 spiro atoms. The summed E-state index contributed by atoms with van der Waals surface area (Å²) in [6.45, 7) is 0. The van der Waals surface area contributed by atoms with Crippen molar-refractivity contribution >= 4 is 0 Å². The van der Waals surface area contributed by atoms with Crippen LogP contribution >= 0.6 is 0 Å². The quantitative estimate of drug-likeness (QED) is 0.924. The molecular formula is C15H14F3N3. The van der Waals surface area contributed by atoms with Crippen molar-refractivity contribution in [3.05, 3.63) is 42.5 Å². The van der Waals surface area contributed by atoms with Crippen molar-refractivity contribution in [2.24, 2.45) is 5.73 Å². The molecule has 0 radical (unpaired) electrons. The lowest BCUT2D eigenvalue weighted by molar-refractivity contribution is -0.141. The Hall–Kier alpha value is -1.82. The lowest BCUT2D eigenvalue weighted by atomic mass is 9.44. The monoisotopic (exact) mass is 293 g/mol. The lowest BCUT2D eigenvalue weighted by Gasteiger charge is -2.69. The van der Waals surface area contributed by atoms with Crippen LogP contribution in [0.4, 0.5) is 13.2 Å². The van der Waals surface area contributed by atoms with E-state index in [1.807, 2.05) is 18.5 Å². The molecule has 3 aliphatic carbocycles. The minimum absolute atomic E-state index is 0.0281. The fourth-order valence-corrected chi connectivity index (χ4v) is 3.68. The molecule has 3 aliphatic rings. The number of halogens is 3.